The Morgan fingerprint density at radius 2 is 2.27 bits per heavy atom. The third kappa shape index (κ3) is 1.87. The molecule has 0 N–H and O–H groups in total. The number of hydrogen-bond acceptors (Lipinski definition) is 3. The first-order valence-corrected chi connectivity index (χ1v) is 5.97. The van der Waals surface area contributed by atoms with Crippen molar-refractivity contribution in [3.8, 4) is 0 Å². The fourth-order valence-corrected chi connectivity index (χ4v) is 2.10. The fraction of sp³-hybridized carbons (Fsp3) is 0.364. The van der Waals surface area contributed by atoms with Crippen LogP contribution in [0.3, 0.4) is 0 Å². The molecule has 0 atom stereocenters. The van der Waals surface area contributed by atoms with Crippen molar-refractivity contribution in [2.75, 3.05) is 13.4 Å². The number of nitrogens with zero attached hydrogens (tertiary/aromatic N) is 2. The first-order valence-electron chi connectivity index (χ1n) is 4.75. The van der Waals surface area contributed by atoms with Crippen LogP contribution in [0.2, 0.25) is 0 Å². The van der Waals surface area contributed by atoms with Gasteiger partial charge in [-0.05, 0) is 24.5 Å². The van der Waals surface area contributed by atoms with Crippen molar-refractivity contribution >= 4 is 22.7 Å². The highest BCUT2D eigenvalue weighted by molar-refractivity contribution is 7.98. The van der Waals surface area contributed by atoms with Gasteiger partial charge in [-0.3, -0.25) is 4.68 Å². The molecule has 0 saturated heterocycles. The van der Waals surface area contributed by atoms with E-state index in [0.717, 1.165) is 11.2 Å². The molecule has 1 heterocycles. The number of benzene rings is 1. The van der Waals surface area contributed by atoms with Gasteiger partial charge in [0.1, 0.15) is 0 Å². The zero-order chi connectivity index (χ0) is 10.8. The van der Waals surface area contributed by atoms with E-state index in [1.54, 1.807) is 18.9 Å². The number of ether oxygens (including phenoxy) is 1. The molecule has 4 heteroatoms. The van der Waals surface area contributed by atoms with Gasteiger partial charge >= 0.3 is 0 Å². The fourth-order valence-electron chi connectivity index (χ4n) is 1.66. The summed E-state index contributed by atoms with van der Waals surface area (Å²) in [7, 11) is 3.66. The number of fused-ring (bicyclic) bond motifs is 1. The number of aryl methyl sites for hydroxylation is 1. The summed E-state index contributed by atoms with van der Waals surface area (Å²) in [6, 6.07) is 6.32. The maximum Gasteiger partial charge on any atom is 0.0927 e. The summed E-state index contributed by atoms with van der Waals surface area (Å²) in [6.45, 7) is 0.602. The van der Waals surface area contributed by atoms with Gasteiger partial charge in [-0.25, -0.2) is 0 Å². The Balaban J connectivity index is 2.61. The lowest BCUT2D eigenvalue weighted by Gasteiger charge is -2.01. The normalized spacial score (nSPS) is 11.1. The first kappa shape index (κ1) is 10.5. The molecule has 2 aromatic rings. The summed E-state index contributed by atoms with van der Waals surface area (Å²) >= 11 is 1.74. The first-order chi connectivity index (χ1) is 7.26. The van der Waals surface area contributed by atoms with E-state index in [1.165, 1.54) is 10.3 Å². The van der Waals surface area contributed by atoms with Gasteiger partial charge < -0.3 is 4.74 Å². The summed E-state index contributed by atoms with van der Waals surface area (Å²) in [6.07, 6.45) is 2.08. The second-order valence-corrected chi connectivity index (χ2v) is 4.27. The number of methoxy groups -OCH3 is 1. The molecule has 0 bridgehead atoms. The maximum atomic E-state index is 5.18. The van der Waals surface area contributed by atoms with E-state index >= 15 is 0 Å². The Bertz CT molecular complexity index is 479. The Morgan fingerprint density at radius 1 is 1.47 bits per heavy atom. The Hall–Kier alpha value is -1.00. The molecule has 80 valence electrons. The molecule has 0 radical (unpaired) electrons. The van der Waals surface area contributed by atoms with Gasteiger partial charge in [0.05, 0.1) is 17.8 Å². The van der Waals surface area contributed by atoms with E-state index in [4.69, 9.17) is 4.74 Å². The highest BCUT2D eigenvalue weighted by atomic mass is 32.2. The van der Waals surface area contributed by atoms with Crippen LogP contribution in [0.1, 0.15) is 5.69 Å². The number of thioether (sulfide) groups is 1. The summed E-state index contributed by atoms with van der Waals surface area (Å²) in [5.41, 5.74) is 2.16. The van der Waals surface area contributed by atoms with E-state index in [1.807, 2.05) is 11.7 Å². The van der Waals surface area contributed by atoms with Crippen molar-refractivity contribution in [3.63, 3.8) is 0 Å². The van der Waals surface area contributed by atoms with Crippen molar-refractivity contribution in [2.24, 2.45) is 7.05 Å². The van der Waals surface area contributed by atoms with Crippen LogP contribution < -0.4 is 0 Å². The highest BCUT2D eigenvalue weighted by Crippen LogP contribution is 2.24. The summed E-state index contributed by atoms with van der Waals surface area (Å²) in [5, 5.41) is 5.62. The van der Waals surface area contributed by atoms with Gasteiger partial charge in [0.2, 0.25) is 0 Å². The molecule has 0 amide bonds. The lowest BCUT2D eigenvalue weighted by atomic mass is 10.2. The van der Waals surface area contributed by atoms with Crippen molar-refractivity contribution in [1.82, 2.24) is 9.78 Å². The van der Waals surface area contributed by atoms with E-state index in [0.29, 0.717) is 6.61 Å². The molecule has 1 aromatic carbocycles. The predicted octanol–water partition coefficient (Wildman–Crippen LogP) is 2.44. The predicted molar refractivity (Wildman–Crippen MR) is 63.2 cm³/mol. The van der Waals surface area contributed by atoms with Crippen molar-refractivity contribution < 1.29 is 4.74 Å². The van der Waals surface area contributed by atoms with Crippen LogP contribution in [0.25, 0.3) is 10.9 Å². The largest absolute Gasteiger partial charge is 0.378 e. The zero-order valence-electron chi connectivity index (χ0n) is 9.15. The molecule has 0 aliphatic rings. The van der Waals surface area contributed by atoms with E-state index < -0.39 is 0 Å². The molecule has 0 fully saturated rings. The SMILES string of the molecule is COCc1c2cc(SC)ccc2nn1C. The van der Waals surface area contributed by atoms with Gasteiger partial charge in [-0.1, -0.05) is 0 Å². The monoisotopic (exact) mass is 222 g/mol. The van der Waals surface area contributed by atoms with Crippen LogP contribution in [-0.2, 0) is 18.4 Å². The number of hydrogen-bond donors (Lipinski definition) is 0. The van der Waals surface area contributed by atoms with Gasteiger partial charge in [-0.2, -0.15) is 5.10 Å². The average Bonchev–Trinajstić information content (AvgIpc) is 2.55. The minimum absolute atomic E-state index is 0.602. The average molecular weight is 222 g/mol. The van der Waals surface area contributed by atoms with Crippen LogP contribution in [0, 0.1) is 0 Å². The Kier molecular flexibility index (Phi) is 2.98. The molecule has 0 spiro atoms. The standard InChI is InChI=1S/C11H14N2OS/c1-13-11(7-14-2)9-6-8(15-3)4-5-10(9)12-13/h4-6H,7H2,1-3H3. The molecular formula is C11H14N2OS. The molecule has 0 aliphatic carbocycles. The smallest absolute Gasteiger partial charge is 0.0927 e. The molecule has 0 unspecified atom stereocenters. The van der Waals surface area contributed by atoms with E-state index in [9.17, 15) is 0 Å². The van der Waals surface area contributed by atoms with Crippen LogP contribution in [0.4, 0.5) is 0 Å². The third-order valence-corrected chi connectivity index (χ3v) is 3.17. The highest BCUT2D eigenvalue weighted by Gasteiger charge is 2.08. The van der Waals surface area contributed by atoms with E-state index in [-0.39, 0.29) is 0 Å². The lowest BCUT2D eigenvalue weighted by molar-refractivity contribution is 0.179. The lowest BCUT2D eigenvalue weighted by Crippen LogP contribution is -1.99. The van der Waals surface area contributed by atoms with Crippen molar-refractivity contribution in [3.05, 3.63) is 23.9 Å². The van der Waals surface area contributed by atoms with Gasteiger partial charge in [0.25, 0.3) is 0 Å². The molecule has 15 heavy (non-hydrogen) atoms. The minimum Gasteiger partial charge on any atom is -0.378 e. The third-order valence-electron chi connectivity index (χ3n) is 2.44. The molecule has 2 rings (SSSR count). The summed E-state index contributed by atoms with van der Waals surface area (Å²) in [4.78, 5) is 1.26. The second kappa shape index (κ2) is 4.24. The Labute approximate surface area is 93.4 Å². The molecule has 1 aromatic heterocycles. The molecular weight excluding hydrogens is 208 g/mol. The van der Waals surface area contributed by atoms with Crippen LogP contribution in [0.15, 0.2) is 23.1 Å². The second-order valence-electron chi connectivity index (χ2n) is 3.39. The number of rotatable bonds is 3. The van der Waals surface area contributed by atoms with Gasteiger partial charge in [-0.15, -0.1) is 11.8 Å². The molecule has 3 nitrogen and oxygen atoms in total. The molecule has 0 aliphatic heterocycles. The Morgan fingerprint density at radius 3 is 2.93 bits per heavy atom. The summed E-state index contributed by atoms with van der Waals surface area (Å²) in [5.74, 6) is 0. The molecule has 0 saturated carbocycles. The van der Waals surface area contributed by atoms with Crippen molar-refractivity contribution in [2.45, 2.75) is 11.5 Å². The van der Waals surface area contributed by atoms with Crippen LogP contribution in [-0.4, -0.2) is 23.1 Å². The van der Waals surface area contributed by atoms with Crippen LogP contribution >= 0.6 is 11.8 Å². The minimum atomic E-state index is 0.602. The maximum absolute atomic E-state index is 5.18. The van der Waals surface area contributed by atoms with E-state index in [2.05, 4.69) is 29.6 Å². The van der Waals surface area contributed by atoms with Gasteiger partial charge in [0, 0.05) is 24.4 Å². The van der Waals surface area contributed by atoms with Gasteiger partial charge in [0.15, 0.2) is 0 Å². The summed E-state index contributed by atoms with van der Waals surface area (Å²) < 4.78 is 7.07. The number of aromatic nitrogens is 2. The topological polar surface area (TPSA) is 27.1 Å². The van der Waals surface area contributed by atoms with Crippen molar-refractivity contribution in [1.29, 1.82) is 0 Å². The van der Waals surface area contributed by atoms with Crippen LogP contribution in [0.5, 0.6) is 0 Å². The quantitative estimate of drug-likeness (QED) is 0.746. The zero-order valence-corrected chi connectivity index (χ0v) is 9.97.